The van der Waals surface area contributed by atoms with Crippen LogP contribution < -0.4 is 5.32 Å². The Kier molecular flexibility index (Phi) is 3.60. The Morgan fingerprint density at radius 2 is 2.00 bits per heavy atom. The Morgan fingerprint density at radius 3 is 2.69 bits per heavy atom. The zero-order chi connectivity index (χ0) is 17.9. The van der Waals surface area contributed by atoms with Gasteiger partial charge in [-0.15, -0.1) is 10.2 Å². The van der Waals surface area contributed by atoms with Crippen LogP contribution >= 0.6 is 0 Å². The number of likely N-dealkylation sites (tertiary alicyclic amines) is 1. The first-order valence-electron chi connectivity index (χ1n) is 9.76. The number of aromatic nitrogens is 3. The number of amides is 2. The van der Waals surface area contributed by atoms with E-state index in [4.69, 9.17) is 0 Å². The average molecular weight is 359 g/mol. The fourth-order valence-electron chi connectivity index (χ4n) is 4.57. The summed E-state index contributed by atoms with van der Waals surface area (Å²) in [7, 11) is 0. The summed E-state index contributed by atoms with van der Waals surface area (Å²) in [5.74, 6) is 1.64. The summed E-state index contributed by atoms with van der Waals surface area (Å²) in [6, 6.07) is 0.295. The van der Waals surface area contributed by atoms with Gasteiger partial charge in [0.1, 0.15) is 5.82 Å². The third-order valence-corrected chi connectivity index (χ3v) is 6.51. The summed E-state index contributed by atoms with van der Waals surface area (Å²) in [6.45, 7) is 2.06. The van der Waals surface area contributed by atoms with Crippen LogP contribution in [0.2, 0.25) is 0 Å². The van der Waals surface area contributed by atoms with Crippen LogP contribution in [0, 0.1) is 5.92 Å². The summed E-state index contributed by atoms with van der Waals surface area (Å²) in [5, 5.41) is 21.7. The first-order valence-corrected chi connectivity index (χ1v) is 9.76. The normalized spacial score (nSPS) is 28.9. The van der Waals surface area contributed by atoms with Crippen molar-refractivity contribution in [2.45, 2.75) is 69.1 Å². The minimum Gasteiger partial charge on any atom is -0.389 e. The molecule has 1 aromatic heterocycles. The van der Waals surface area contributed by atoms with Crippen LogP contribution in [0.5, 0.6) is 0 Å². The third kappa shape index (κ3) is 2.71. The van der Waals surface area contributed by atoms with E-state index in [1.807, 2.05) is 9.47 Å². The topological polar surface area (TPSA) is 100 Å². The minimum absolute atomic E-state index is 0.0411. The largest absolute Gasteiger partial charge is 0.389 e. The predicted octanol–water partition coefficient (Wildman–Crippen LogP) is 0.421. The molecular weight excluding hydrogens is 334 g/mol. The molecule has 5 rings (SSSR count). The Labute approximate surface area is 152 Å². The van der Waals surface area contributed by atoms with Crippen molar-refractivity contribution in [3.05, 3.63) is 11.6 Å². The van der Waals surface area contributed by atoms with Gasteiger partial charge in [-0.25, -0.2) is 0 Å². The number of nitrogens with one attached hydrogen (secondary N) is 1. The summed E-state index contributed by atoms with van der Waals surface area (Å²) >= 11 is 0. The first kappa shape index (κ1) is 16.2. The Balaban J connectivity index is 1.30. The molecule has 2 saturated carbocycles. The van der Waals surface area contributed by atoms with E-state index in [9.17, 15) is 14.7 Å². The smallest absolute Gasteiger partial charge is 0.289 e. The number of carbonyl (C=O) groups excluding carboxylic acids is 2. The van der Waals surface area contributed by atoms with E-state index in [0.29, 0.717) is 24.3 Å². The van der Waals surface area contributed by atoms with E-state index < -0.39 is 5.60 Å². The van der Waals surface area contributed by atoms with Gasteiger partial charge in [0.05, 0.1) is 12.0 Å². The van der Waals surface area contributed by atoms with Gasteiger partial charge in [0.15, 0.2) is 0 Å². The number of rotatable bonds is 4. The molecule has 0 aromatic carbocycles. The van der Waals surface area contributed by atoms with Gasteiger partial charge in [-0.1, -0.05) is 0 Å². The molecule has 0 unspecified atom stereocenters. The number of fused-ring (bicyclic) bond motifs is 3. The molecule has 1 saturated heterocycles. The van der Waals surface area contributed by atoms with Crippen molar-refractivity contribution in [3.8, 4) is 0 Å². The molecule has 1 aromatic rings. The van der Waals surface area contributed by atoms with Crippen molar-refractivity contribution in [2.75, 3.05) is 13.1 Å². The molecule has 140 valence electrons. The second-order valence-corrected chi connectivity index (χ2v) is 8.49. The molecule has 3 heterocycles. The lowest BCUT2D eigenvalue weighted by molar-refractivity contribution is -0.139. The summed E-state index contributed by atoms with van der Waals surface area (Å²) in [5.41, 5.74) is -0.779. The quantitative estimate of drug-likeness (QED) is 0.812. The van der Waals surface area contributed by atoms with Crippen LogP contribution in [0.1, 0.15) is 67.3 Å². The van der Waals surface area contributed by atoms with Crippen molar-refractivity contribution in [3.63, 3.8) is 0 Å². The SMILES string of the molecule is O=C(NC1CC1)c1nnc2n1CC[C@@H]1CN(C(=O)CC3(O)CCC3)C[C@@H]21. The van der Waals surface area contributed by atoms with Gasteiger partial charge in [-0.2, -0.15) is 0 Å². The van der Waals surface area contributed by atoms with Crippen molar-refractivity contribution in [1.82, 2.24) is 25.0 Å². The lowest BCUT2D eigenvalue weighted by atomic mass is 9.77. The van der Waals surface area contributed by atoms with Gasteiger partial charge < -0.3 is 19.9 Å². The molecule has 4 aliphatic rings. The number of nitrogens with zero attached hydrogens (tertiary/aromatic N) is 4. The highest BCUT2D eigenvalue weighted by Gasteiger charge is 2.44. The van der Waals surface area contributed by atoms with Crippen LogP contribution in [0.25, 0.3) is 0 Å². The lowest BCUT2D eigenvalue weighted by Crippen LogP contribution is -2.43. The fourth-order valence-corrected chi connectivity index (χ4v) is 4.57. The van der Waals surface area contributed by atoms with Crippen LogP contribution in [-0.4, -0.2) is 61.3 Å². The van der Waals surface area contributed by atoms with Crippen LogP contribution in [0.15, 0.2) is 0 Å². The number of carbonyl (C=O) groups is 2. The Morgan fingerprint density at radius 1 is 1.19 bits per heavy atom. The van der Waals surface area contributed by atoms with Gasteiger partial charge in [-0.3, -0.25) is 9.59 Å². The van der Waals surface area contributed by atoms with Crippen LogP contribution in [-0.2, 0) is 11.3 Å². The number of hydrogen-bond donors (Lipinski definition) is 2. The molecule has 0 radical (unpaired) electrons. The molecule has 2 atom stereocenters. The van der Waals surface area contributed by atoms with E-state index in [0.717, 1.165) is 57.4 Å². The minimum atomic E-state index is -0.779. The molecule has 8 nitrogen and oxygen atoms in total. The van der Waals surface area contributed by atoms with E-state index in [1.165, 1.54) is 0 Å². The first-order chi connectivity index (χ1) is 12.5. The zero-order valence-electron chi connectivity index (χ0n) is 14.9. The maximum absolute atomic E-state index is 12.6. The summed E-state index contributed by atoms with van der Waals surface area (Å²) < 4.78 is 1.94. The van der Waals surface area contributed by atoms with E-state index in [1.54, 1.807) is 0 Å². The highest BCUT2D eigenvalue weighted by atomic mass is 16.3. The molecule has 0 spiro atoms. The summed E-state index contributed by atoms with van der Waals surface area (Å²) in [6.07, 6.45) is 5.70. The van der Waals surface area contributed by atoms with Crippen molar-refractivity contribution in [2.24, 2.45) is 5.92 Å². The zero-order valence-corrected chi connectivity index (χ0v) is 14.9. The molecule has 0 bridgehead atoms. The predicted molar refractivity (Wildman–Crippen MR) is 91.4 cm³/mol. The monoisotopic (exact) mass is 359 g/mol. The molecule has 2 amide bonds. The van der Waals surface area contributed by atoms with Gasteiger partial charge in [0, 0.05) is 31.6 Å². The maximum atomic E-state index is 12.6. The molecule has 8 heteroatoms. The Bertz CT molecular complexity index is 752. The standard InChI is InChI=1S/C18H25N5O3/c24-14(8-18(26)5-1-6-18)22-9-11-4-7-23-15(13(11)10-22)20-21-16(23)17(25)19-12-2-3-12/h11-13,26H,1-10H2,(H,19,25)/t11-,13-/m1/s1. The molecule has 2 N–H and O–H groups in total. The molecule has 3 fully saturated rings. The maximum Gasteiger partial charge on any atom is 0.289 e. The van der Waals surface area contributed by atoms with E-state index in [2.05, 4.69) is 15.5 Å². The molecule has 2 aliphatic heterocycles. The van der Waals surface area contributed by atoms with Crippen LogP contribution in [0.4, 0.5) is 0 Å². The van der Waals surface area contributed by atoms with Crippen molar-refractivity contribution < 1.29 is 14.7 Å². The molecule has 26 heavy (non-hydrogen) atoms. The van der Waals surface area contributed by atoms with Crippen molar-refractivity contribution in [1.29, 1.82) is 0 Å². The molecular formula is C18H25N5O3. The van der Waals surface area contributed by atoms with E-state index >= 15 is 0 Å². The molecule has 2 aliphatic carbocycles. The van der Waals surface area contributed by atoms with Crippen LogP contribution in [0.3, 0.4) is 0 Å². The third-order valence-electron chi connectivity index (χ3n) is 6.51. The van der Waals surface area contributed by atoms with Gasteiger partial charge in [0.25, 0.3) is 5.91 Å². The Hall–Kier alpha value is -1.96. The number of aliphatic hydroxyl groups is 1. The lowest BCUT2D eigenvalue weighted by Gasteiger charge is -2.37. The van der Waals surface area contributed by atoms with Gasteiger partial charge in [-0.05, 0) is 44.4 Å². The summed E-state index contributed by atoms with van der Waals surface area (Å²) in [4.78, 5) is 26.8. The fraction of sp³-hybridized carbons (Fsp3) is 0.778. The van der Waals surface area contributed by atoms with Crippen molar-refractivity contribution >= 4 is 11.8 Å². The van der Waals surface area contributed by atoms with E-state index in [-0.39, 0.29) is 24.2 Å². The highest BCUT2D eigenvalue weighted by Crippen LogP contribution is 2.40. The van der Waals surface area contributed by atoms with Gasteiger partial charge in [0.2, 0.25) is 11.7 Å². The number of hydrogen-bond acceptors (Lipinski definition) is 5. The van der Waals surface area contributed by atoms with Gasteiger partial charge >= 0.3 is 0 Å². The average Bonchev–Trinajstić information content (AvgIpc) is 3.12. The second kappa shape index (κ2) is 5.77. The second-order valence-electron chi connectivity index (χ2n) is 8.49. The highest BCUT2D eigenvalue weighted by molar-refractivity contribution is 5.91.